The Balaban J connectivity index is 1.27. The summed E-state index contributed by atoms with van der Waals surface area (Å²) < 4.78 is 84.7. The van der Waals surface area contributed by atoms with E-state index in [2.05, 4.69) is 10.6 Å². The van der Waals surface area contributed by atoms with Gasteiger partial charge in [0.05, 0.1) is 68.9 Å². The Kier molecular flexibility index (Phi) is 8.22. The Hall–Kier alpha value is -3.62. The second-order valence-corrected chi connectivity index (χ2v) is 16.3. The van der Waals surface area contributed by atoms with Crippen LogP contribution in [0.25, 0.3) is 22.2 Å². The molecular formula is C36H40F3N3O7S. The summed E-state index contributed by atoms with van der Waals surface area (Å²) >= 11 is 0. The molecule has 2 amide bonds. The molecule has 4 fully saturated rings. The number of hydrogen-bond donors (Lipinski definition) is 1. The number of aromatic nitrogens is 1. The first-order valence-electron chi connectivity index (χ1n) is 17.3. The number of carbonyl (C=O) groups excluding carboxylic acids is 2. The highest BCUT2D eigenvalue weighted by molar-refractivity contribution is 7.90. The number of amides is 2. The molecule has 0 radical (unpaired) electrons. The minimum absolute atomic E-state index is 0.00960. The van der Waals surface area contributed by atoms with Crippen molar-refractivity contribution < 1.29 is 45.4 Å². The number of nitrogens with one attached hydrogen (secondary N) is 1. The standard InChI is InChI=1S/C36H40F3N3O7S/c1-47-25-8-10-26-28(14-25)29-15-35(29,34(44)42-23-16-48-18-24(42)19-49-17-23)20-41-30-13-22(33(43)40-50(45,46)12-11-36(37,38)39)7-9-27(30)31(32(26)41)21-5-3-2-4-6-21/h7-10,13-14,21,23-24,29H,2-6,11-12,15-20H2,1H3,(H,40,43). The Morgan fingerprint density at radius 2 is 1.70 bits per heavy atom. The van der Waals surface area contributed by atoms with E-state index in [9.17, 15) is 31.2 Å². The molecule has 1 N–H and O–H groups in total. The van der Waals surface area contributed by atoms with E-state index in [0.717, 1.165) is 59.9 Å². The number of methoxy groups -OCH3 is 1. The average molecular weight is 716 g/mol. The molecule has 2 bridgehead atoms. The predicted octanol–water partition coefficient (Wildman–Crippen LogP) is 5.49. The molecule has 2 saturated carbocycles. The number of halogens is 3. The number of fused-ring (bicyclic) bond motifs is 9. The van der Waals surface area contributed by atoms with Crippen molar-refractivity contribution in [2.45, 2.75) is 81.6 Å². The highest BCUT2D eigenvalue weighted by atomic mass is 32.2. The first-order chi connectivity index (χ1) is 23.9. The number of alkyl halides is 3. The Bertz CT molecular complexity index is 1950. The summed E-state index contributed by atoms with van der Waals surface area (Å²) in [4.78, 5) is 30.2. The molecule has 2 atom stereocenters. The zero-order valence-electron chi connectivity index (χ0n) is 27.8. The fraction of sp³-hybridized carbons (Fsp3) is 0.556. The van der Waals surface area contributed by atoms with Gasteiger partial charge in [-0.05, 0) is 66.6 Å². The van der Waals surface area contributed by atoms with Gasteiger partial charge in [0, 0.05) is 34.5 Å². The SMILES string of the molecule is COc1ccc2c(c1)C1CC1(C(=O)N1C3COCC1COC3)Cn1c-2c(C2CCCCC2)c2ccc(C(=O)NS(=O)(=O)CCC(F)(F)F)cc21. The lowest BCUT2D eigenvalue weighted by Crippen LogP contribution is -2.63. The molecule has 3 aromatic rings. The van der Waals surface area contributed by atoms with Crippen LogP contribution in [0.4, 0.5) is 13.2 Å². The summed E-state index contributed by atoms with van der Waals surface area (Å²) in [6.45, 7) is 1.96. The molecule has 4 heterocycles. The van der Waals surface area contributed by atoms with Gasteiger partial charge in [0.25, 0.3) is 5.91 Å². The number of sulfonamides is 1. The number of benzene rings is 2. The number of ether oxygens (including phenoxy) is 3. The number of nitrogens with zero attached hydrogens (tertiary/aromatic N) is 2. The van der Waals surface area contributed by atoms with Crippen molar-refractivity contribution in [3.8, 4) is 17.0 Å². The van der Waals surface area contributed by atoms with Gasteiger partial charge in [-0.3, -0.25) is 9.59 Å². The monoisotopic (exact) mass is 715 g/mol. The van der Waals surface area contributed by atoms with E-state index in [-0.39, 0.29) is 35.4 Å². The van der Waals surface area contributed by atoms with Crippen molar-refractivity contribution in [2.75, 3.05) is 39.3 Å². The molecule has 14 heteroatoms. The molecule has 50 heavy (non-hydrogen) atoms. The second-order valence-electron chi connectivity index (χ2n) is 14.5. The van der Waals surface area contributed by atoms with Crippen LogP contribution in [0.15, 0.2) is 36.4 Å². The number of carbonyl (C=O) groups is 2. The molecular weight excluding hydrogens is 675 g/mol. The molecule has 2 unspecified atom stereocenters. The van der Waals surface area contributed by atoms with Crippen LogP contribution in [0.2, 0.25) is 0 Å². The molecule has 0 spiro atoms. The van der Waals surface area contributed by atoms with Gasteiger partial charge in [0.15, 0.2) is 0 Å². The Morgan fingerprint density at radius 3 is 2.36 bits per heavy atom. The lowest BCUT2D eigenvalue weighted by atomic mass is 9.81. The highest BCUT2D eigenvalue weighted by Crippen LogP contribution is 2.66. The molecule has 5 aliphatic rings. The quantitative estimate of drug-likeness (QED) is 0.344. The normalized spacial score (nSPS) is 26.4. The minimum atomic E-state index is -4.68. The largest absolute Gasteiger partial charge is 0.497 e. The van der Waals surface area contributed by atoms with Crippen LogP contribution >= 0.6 is 0 Å². The number of rotatable bonds is 7. The zero-order valence-corrected chi connectivity index (χ0v) is 28.6. The zero-order chi connectivity index (χ0) is 35.0. The fourth-order valence-corrected chi connectivity index (χ4v) is 9.91. The summed E-state index contributed by atoms with van der Waals surface area (Å²) in [5.41, 5.74) is 4.10. The summed E-state index contributed by atoms with van der Waals surface area (Å²) in [5.74, 6) is -1.35. The Labute approximate surface area is 288 Å². The molecule has 2 aromatic carbocycles. The van der Waals surface area contributed by atoms with E-state index in [0.29, 0.717) is 50.7 Å². The maximum Gasteiger partial charge on any atom is 0.390 e. The van der Waals surface area contributed by atoms with Crippen molar-refractivity contribution >= 4 is 32.7 Å². The molecule has 8 rings (SSSR count). The van der Waals surface area contributed by atoms with E-state index in [1.165, 1.54) is 6.07 Å². The van der Waals surface area contributed by atoms with E-state index >= 15 is 0 Å². The smallest absolute Gasteiger partial charge is 0.390 e. The van der Waals surface area contributed by atoms with Gasteiger partial charge < -0.3 is 23.7 Å². The summed E-state index contributed by atoms with van der Waals surface area (Å²) in [6.07, 6.45) is -0.342. The van der Waals surface area contributed by atoms with Gasteiger partial charge in [0.1, 0.15) is 5.75 Å². The molecule has 268 valence electrons. The van der Waals surface area contributed by atoms with Crippen molar-refractivity contribution in [3.05, 3.63) is 53.1 Å². The Morgan fingerprint density at radius 1 is 1.00 bits per heavy atom. The van der Waals surface area contributed by atoms with Crippen LogP contribution in [-0.4, -0.2) is 87.2 Å². The molecule has 1 aromatic heterocycles. The van der Waals surface area contributed by atoms with Crippen LogP contribution in [0.1, 0.15) is 78.3 Å². The first-order valence-corrected chi connectivity index (χ1v) is 19.0. The van der Waals surface area contributed by atoms with E-state index in [1.54, 1.807) is 13.2 Å². The lowest BCUT2D eigenvalue weighted by molar-refractivity contribution is -0.173. The predicted molar refractivity (Wildman–Crippen MR) is 178 cm³/mol. The summed E-state index contributed by atoms with van der Waals surface area (Å²) in [7, 11) is -2.93. The molecule has 10 nitrogen and oxygen atoms in total. The van der Waals surface area contributed by atoms with Crippen LogP contribution in [0, 0.1) is 5.41 Å². The third kappa shape index (κ3) is 5.76. The van der Waals surface area contributed by atoms with Crippen LogP contribution < -0.4 is 9.46 Å². The maximum atomic E-state index is 14.9. The van der Waals surface area contributed by atoms with Crippen molar-refractivity contribution in [2.24, 2.45) is 5.41 Å². The first kappa shape index (κ1) is 33.5. The molecule has 2 saturated heterocycles. The lowest BCUT2D eigenvalue weighted by Gasteiger charge is -2.47. The van der Waals surface area contributed by atoms with Gasteiger partial charge in [-0.25, -0.2) is 13.1 Å². The second kappa shape index (κ2) is 12.3. The number of hydrogen-bond acceptors (Lipinski definition) is 7. The van der Waals surface area contributed by atoms with Crippen molar-refractivity contribution in [1.82, 2.24) is 14.2 Å². The van der Waals surface area contributed by atoms with Gasteiger partial charge in [0.2, 0.25) is 15.9 Å². The number of morpholine rings is 2. The van der Waals surface area contributed by atoms with Crippen LogP contribution in [-0.2, 0) is 30.8 Å². The third-order valence-corrected chi connectivity index (χ3v) is 12.6. The summed E-state index contributed by atoms with van der Waals surface area (Å²) in [6, 6.07) is 10.6. The van der Waals surface area contributed by atoms with Crippen LogP contribution in [0.3, 0.4) is 0 Å². The van der Waals surface area contributed by atoms with E-state index in [1.807, 2.05) is 27.8 Å². The maximum absolute atomic E-state index is 14.9. The minimum Gasteiger partial charge on any atom is -0.497 e. The van der Waals surface area contributed by atoms with E-state index < -0.39 is 39.7 Å². The van der Waals surface area contributed by atoms with Gasteiger partial charge in [-0.1, -0.05) is 25.3 Å². The van der Waals surface area contributed by atoms with Gasteiger partial charge >= 0.3 is 6.18 Å². The molecule has 3 aliphatic heterocycles. The topological polar surface area (TPSA) is 116 Å². The fourth-order valence-electron chi connectivity index (χ4n) is 8.91. The van der Waals surface area contributed by atoms with Gasteiger partial charge in [-0.2, -0.15) is 13.2 Å². The highest BCUT2D eigenvalue weighted by Gasteiger charge is 2.65. The van der Waals surface area contributed by atoms with Crippen molar-refractivity contribution in [3.63, 3.8) is 0 Å². The van der Waals surface area contributed by atoms with Crippen molar-refractivity contribution in [1.29, 1.82) is 0 Å². The van der Waals surface area contributed by atoms with Crippen LogP contribution in [0.5, 0.6) is 5.75 Å². The third-order valence-electron chi connectivity index (χ3n) is 11.4. The average Bonchev–Trinajstić information content (AvgIpc) is 3.76. The van der Waals surface area contributed by atoms with Gasteiger partial charge in [-0.15, -0.1) is 0 Å². The summed E-state index contributed by atoms with van der Waals surface area (Å²) in [5, 5.41) is 0.920. The van der Waals surface area contributed by atoms with E-state index in [4.69, 9.17) is 14.2 Å². The molecule has 2 aliphatic carbocycles.